The molecule has 7 heteroatoms. The lowest BCUT2D eigenvalue weighted by molar-refractivity contribution is -0.115. The van der Waals surface area contributed by atoms with Crippen LogP contribution in [0.3, 0.4) is 0 Å². The van der Waals surface area contributed by atoms with Crippen LogP contribution in [0.2, 0.25) is 0 Å². The molecule has 2 saturated carbocycles. The molecule has 1 atom stereocenters. The zero-order valence-electron chi connectivity index (χ0n) is 14.0. The maximum Gasteiger partial charge on any atom is 0.237 e. The van der Waals surface area contributed by atoms with E-state index in [4.69, 9.17) is 5.26 Å². The summed E-state index contributed by atoms with van der Waals surface area (Å²) in [6.45, 7) is 1.86. The van der Waals surface area contributed by atoms with Crippen LogP contribution in [0.5, 0.6) is 0 Å². The standard InChI is InChI=1S/C18H19N5OS/c1-11(17(24)20-15-5-3-2-4-13(15)10-19)25-18-22-21-16(12-6-7-12)23(18)14-8-9-14/h2-5,11-12,14H,6-9H2,1H3,(H,20,24)/t11-/m1/s1. The van der Waals surface area contributed by atoms with Crippen LogP contribution in [-0.2, 0) is 4.79 Å². The van der Waals surface area contributed by atoms with Gasteiger partial charge in [-0.25, -0.2) is 0 Å². The fraction of sp³-hybridized carbons (Fsp3) is 0.444. The number of rotatable bonds is 6. The lowest BCUT2D eigenvalue weighted by Crippen LogP contribution is -2.23. The van der Waals surface area contributed by atoms with Crippen molar-refractivity contribution in [1.82, 2.24) is 14.8 Å². The number of aromatic nitrogens is 3. The number of carbonyl (C=O) groups is 1. The van der Waals surface area contributed by atoms with Crippen molar-refractivity contribution < 1.29 is 4.79 Å². The van der Waals surface area contributed by atoms with Crippen LogP contribution in [0.15, 0.2) is 29.4 Å². The number of nitrogens with zero attached hydrogens (tertiary/aromatic N) is 4. The maximum atomic E-state index is 12.5. The zero-order valence-corrected chi connectivity index (χ0v) is 14.8. The van der Waals surface area contributed by atoms with Gasteiger partial charge in [0.05, 0.1) is 16.5 Å². The number of carbonyl (C=O) groups excluding carboxylic acids is 1. The summed E-state index contributed by atoms with van der Waals surface area (Å²) < 4.78 is 2.25. The molecule has 2 aliphatic carbocycles. The van der Waals surface area contributed by atoms with E-state index in [1.165, 1.54) is 37.4 Å². The second kappa shape index (κ2) is 6.52. The molecule has 2 aliphatic rings. The number of anilines is 1. The highest BCUT2D eigenvalue weighted by atomic mass is 32.2. The molecule has 0 unspecified atom stereocenters. The van der Waals surface area contributed by atoms with Crippen molar-refractivity contribution in [3.63, 3.8) is 0 Å². The first-order valence-corrected chi connectivity index (χ1v) is 9.46. The Labute approximate surface area is 150 Å². The summed E-state index contributed by atoms with van der Waals surface area (Å²) in [7, 11) is 0. The van der Waals surface area contributed by atoms with E-state index in [2.05, 4.69) is 26.2 Å². The monoisotopic (exact) mass is 353 g/mol. The van der Waals surface area contributed by atoms with Gasteiger partial charge >= 0.3 is 0 Å². The number of thioether (sulfide) groups is 1. The predicted molar refractivity (Wildman–Crippen MR) is 95.4 cm³/mol. The molecule has 1 aromatic heterocycles. The number of para-hydroxylation sites is 1. The van der Waals surface area contributed by atoms with Gasteiger partial charge in [-0.05, 0) is 44.7 Å². The Balaban J connectivity index is 1.48. The fourth-order valence-corrected chi connectivity index (χ4v) is 3.73. The van der Waals surface area contributed by atoms with Crippen molar-refractivity contribution >= 4 is 23.4 Å². The predicted octanol–water partition coefficient (Wildman–Crippen LogP) is 3.48. The van der Waals surface area contributed by atoms with E-state index in [0.717, 1.165) is 11.0 Å². The van der Waals surface area contributed by atoms with Gasteiger partial charge in [-0.3, -0.25) is 4.79 Å². The first-order chi connectivity index (χ1) is 12.2. The van der Waals surface area contributed by atoms with Crippen LogP contribution in [0.25, 0.3) is 0 Å². The van der Waals surface area contributed by atoms with E-state index in [1.807, 2.05) is 6.92 Å². The molecule has 128 valence electrons. The van der Waals surface area contributed by atoms with Crippen LogP contribution in [0.4, 0.5) is 5.69 Å². The average Bonchev–Trinajstić information content (AvgIpc) is 3.54. The summed E-state index contributed by atoms with van der Waals surface area (Å²) in [5, 5.41) is 21.2. The molecule has 0 aliphatic heterocycles. The maximum absolute atomic E-state index is 12.5. The van der Waals surface area contributed by atoms with Crippen molar-refractivity contribution in [3.8, 4) is 6.07 Å². The van der Waals surface area contributed by atoms with Gasteiger partial charge in [-0.15, -0.1) is 10.2 Å². The summed E-state index contributed by atoms with van der Waals surface area (Å²) in [6, 6.07) is 9.62. The SMILES string of the molecule is C[C@@H](Sc1nnc(C2CC2)n1C1CC1)C(=O)Nc1ccccc1C#N. The van der Waals surface area contributed by atoms with E-state index in [9.17, 15) is 4.79 Å². The van der Waals surface area contributed by atoms with Crippen LogP contribution in [0.1, 0.15) is 56.0 Å². The van der Waals surface area contributed by atoms with Gasteiger partial charge < -0.3 is 9.88 Å². The molecule has 1 N–H and O–H groups in total. The van der Waals surface area contributed by atoms with Crippen molar-refractivity contribution in [2.45, 2.75) is 55.0 Å². The largest absolute Gasteiger partial charge is 0.324 e. The Hall–Kier alpha value is -2.33. The Kier molecular flexibility index (Phi) is 4.22. The van der Waals surface area contributed by atoms with Gasteiger partial charge in [-0.2, -0.15) is 5.26 Å². The summed E-state index contributed by atoms with van der Waals surface area (Å²) >= 11 is 1.44. The molecule has 2 aromatic rings. The molecular formula is C18H19N5OS. The highest BCUT2D eigenvalue weighted by Gasteiger charge is 2.37. The lowest BCUT2D eigenvalue weighted by atomic mass is 10.2. The Morgan fingerprint density at radius 3 is 2.76 bits per heavy atom. The minimum Gasteiger partial charge on any atom is -0.324 e. The van der Waals surface area contributed by atoms with Gasteiger partial charge in [0.25, 0.3) is 0 Å². The molecule has 0 spiro atoms. The van der Waals surface area contributed by atoms with Gasteiger partial charge in [-0.1, -0.05) is 23.9 Å². The summed E-state index contributed by atoms with van der Waals surface area (Å²) in [6.07, 6.45) is 4.72. The van der Waals surface area contributed by atoms with Crippen LogP contribution < -0.4 is 5.32 Å². The highest BCUT2D eigenvalue weighted by molar-refractivity contribution is 8.00. The average molecular weight is 353 g/mol. The van der Waals surface area contributed by atoms with Gasteiger partial charge in [0, 0.05) is 12.0 Å². The number of hydrogen-bond acceptors (Lipinski definition) is 5. The second-order valence-electron chi connectivity index (χ2n) is 6.62. The number of amides is 1. The smallest absolute Gasteiger partial charge is 0.237 e. The summed E-state index contributed by atoms with van der Waals surface area (Å²) in [4.78, 5) is 12.5. The molecule has 4 rings (SSSR count). The van der Waals surface area contributed by atoms with Crippen LogP contribution in [0, 0.1) is 11.3 Å². The Morgan fingerprint density at radius 1 is 1.32 bits per heavy atom. The van der Waals surface area contributed by atoms with Crippen molar-refractivity contribution in [3.05, 3.63) is 35.7 Å². The second-order valence-corrected chi connectivity index (χ2v) is 7.93. The fourth-order valence-electron chi connectivity index (χ4n) is 2.80. The van der Waals surface area contributed by atoms with E-state index in [1.54, 1.807) is 24.3 Å². The molecule has 1 heterocycles. The minimum atomic E-state index is -0.319. The van der Waals surface area contributed by atoms with E-state index in [-0.39, 0.29) is 11.2 Å². The zero-order chi connectivity index (χ0) is 17.4. The van der Waals surface area contributed by atoms with Crippen LogP contribution >= 0.6 is 11.8 Å². The Bertz CT molecular complexity index is 847. The molecule has 1 amide bonds. The molecule has 25 heavy (non-hydrogen) atoms. The van der Waals surface area contributed by atoms with Crippen molar-refractivity contribution in [2.75, 3.05) is 5.32 Å². The lowest BCUT2D eigenvalue weighted by Gasteiger charge is -2.13. The van der Waals surface area contributed by atoms with Crippen molar-refractivity contribution in [2.24, 2.45) is 0 Å². The van der Waals surface area contributed by atoms with E-state index < -0.39 is 0 Å². The summed E-state index contributed by atoms with van der Waals surface area (Å²) in [5.74, 6) is 1.51. The number of benzene rings is 1. The molecule has 1 aromatic carbocycles. The molecular weight excluding hydrogens is 334 g/mol. The normalized spacial score (nSPS) is 17.8. The van der Waals surface area contributed by atoms with Gasteiger partial charge in [0.2, 0.25) is 5.91 Å². The third-order valence-corrected chi connectivity index (χ3v) is 5.56. The molecule has 0 saturated heterocycles. The van der Waals surface area contributed by atoms with Crippen molar-refractivity contribution in [1.29, 1.82) is 5.26 Å². The highest BCUT2D eigenvalue weighted by Crippen LogP contribution is 2.46. The molecule has 6 nitrogen and oxygen atoms in total. The first kappa shape index (κ1) is 16.2. The summed E-state index contributed by atoms with van der Waals surface area (Å²) in [5.41, 5.74) is 1.01. The number of nitriles is 1. The molecule has 0 radical (unpaired) electrons. The third-order valence-electron chi connectivity index (χ3n) is 4.50. The number of hydrogen-bond donors (Lipinski definition) is 1. The first-order valence-electron chi connectivity index (χ1n) is 8.59. The van der Waals surface area contributed by atoms with Crippen LogP contribution in [-0.4, -0.2) is 25.9 Å². The number of nitrogens with one attached hydrogen (secondary N) is 1. The third kappa shape index (κ3) is 3.40. The molecule has 0 bridgehead atoms. The van der Waals surface area contributed by atoms with E-state index in [0.29, 0.717) is 23.2 Å². The molecule has 2 fully saturated rings. The topological polar surface area (TPSA) is 83.6 Å². The van der Waals surface area contributed by atoms with E-state index >= 15 is 0 Å². The van der Waals surface area contributed by atoms with Gasteiger partial charge in [0.1, 0.15) is 11.9 Å². The Morgan fingerprint density at radius 2 is 2.08 bits per heavy atom. The van der Waals surface area contributed by atoms with Gasteiger partial charge in [0.15, 0.2) is 5.16 Å². The minimum absolute atomic E-state index is 0.133. The quantitative estimate of drug-likeness (QED) is 0.804.